The molecule has 1 aliphatic carbocycles. The van der Waals surface area contributed by atoms with Gasteiger partial charge in [0.2, 0.25) is 10.0 Å². The third-order valence-electron chi connectivity index (χ3n) is 5.57. The number of rotatable bonds is 6. The molecular weight excluding hydrogens is 388 g/mol. The van der Waals surface area contributed by atoms with Gasteiger partial charge in [0.25, 0.3) is 5.91 Å². The molecule has 1 N–H and O–H groups in total. The predicted molar refractivity (Wildman–Crippen MR) is 112 cm³/mol. The Bertz CT molecular complexity index is 929. The van der Waals surface area contributed by atoms with E-state index in [9.17, 15) is 18.3 Å². The number of likely N-dealkylation sites (N-methyl/N-ethyl adjacent to an activating group) is 1. The van der Waals surface area contributed by atoms with E-state index < -0.39 is 16.1 Å². The van der Waals surface area contributed by atoms with Crippen LogP contribution in [0.5, 0.6) is 0 Å². The Morgan fingerprint density at radius 1 is 1.00 bits per heavy atom. The molecule has 0 radical (unpaired) electrons. The van der Waals surface area contributed by atoms with Crippen molar-refractivity contribution in [3.63, 3.8) is 0 Å². The van der Waals surface area contributed by atoms with Crippen LogP contribution in [0.15, 0.2) is 59.5 Å². The van der Waals surface area contributed by atoms with Crippen molar-refractivity contribution in [3.8, 4) is 0 Å². The molecule has 1 fully saturated rings. The van der Waals surface area contributed by atoms with Crippen LogP contribution in [0.2, 0.25) is 0 Å². The van der Waals surface area contributed by atoms with Crippen LogP contribution in [0.1, 0.15) is 41.6 Å². The second-order valence-corrected chi connectivity index (χ2v) is 9.65. The Balaban J connectivity index is 1.67. The van der Waals surface area contributed by atoms with Gasteiger partial charge in [-0.1, -0.05) is 43.2 Å². The minimum atomic E-state index is -3.57. The Labute approximate surface area is 172 Å². The standard InChI is InChI=1S/C22H28N2O4S/c1-23(29(27,28)19-8-4-3-5-9-19)16-17-12-14-18(15-13-17)22(26)24(2)20-10-6-7-11-21(20)25/h3-5,8-9,12-15,20-21,25H,6-7,10-11,16H2,1-2H3. The maximum Gasteiger partial charge on any atom is 0.253 e. The van der Waals surface area contributed by atoms with Crippen LogP contribution in [-0.4, -0.2) is 54.9 Å². The Kier molecular flexibility index (Phi) is 6.72. The summed E-state index contributed by atoms with van der Waals surface area (Å²) < 4.78 is 26.6. The van der Waals surface area contributed by atoms with E-state index in [0.29, 0.717) is 5.56 Å². The zero-order chi connectivity index (χ0) is 21.0. The molecule has 0 saturated heterocycles. The molecule has 2 atom stereocenters. The van der Waals surface area contributed by atoms with E-state index >= 15 is 0 Å². The first-order valence-corrected chi connectivity index (χ1v) is 11.3. The van der Waals surface area contributed by atoms with Gasteiger partial charge in [0, 0.05) is 26.2 Å². The number of sulfonamides is 1. The molecule has 29 heavy (non-hydrogen) atoms. The highest BCUT2D eigenvalue weighted by molar-refractivity contribution is 7.89. The second-order valence-electron chi connectivity index (χ2n) is 7.61. The zero-order valence-corrected chi connectivity index (χ0v) is 17.7. The topological polar surface area (TPSA) is 77.9 Å². The van der Waals surface area contributed by atoms with Crippen LogP contribution in [0.3, 0.4) is 0 Å². The van der Waals surface area contributed by atoms with E-state index in [-0.39, 0.29) is 23.4 Å². The number of carbonyl (C=O) groups excluding carboxylic acids is 1. The molecular formula is C22H28N2O4S. The van der Waals surface area contributed by atoms with E-state index in [1.165, 1.54) is 4.31 Å². The summed E-state index contributed by atoms with van der Waals surface area (Å²) in [6.45, 7) is 0.211. The normalized spacial score (nSPS) is 19.9. The van der Waals surface area contributed by atoms with E-state index in [1.54, 1.807) is 73.6 Å². The fraction of sp³-hybridized carbons (Fsp3) is 0.409. The Hall–Kier alpha value is -2.22. The van der Waals surface area contributed by atoms with Gasteiger partial charge in [-0.2, -0.15) is 4.31 Å². The number of benzene rings is 2. The van der Waals surface area contributed by atoms with Crippen molar-refractivity contribution in [3.05, 3.63) is 65.7 Å². The lowest BCUT2D eigenvalue weighted by molar-refractivity contribution is 0.0268. The Morgan fingerprint density at radius 2 is 1.62 bits per heavy atom. The van der Waals surface area contributed by atoms with E-state index in [4.69, 9.17) is 0 Å². The lowest BCUT2D eigenvalue weighted by Crippen LogP contribution is -2.46. The summed E-state index contributed by atoms with van der Waals surface area (Å²) >= 11 is 0. The van der Waals surface area contributed by atoms with Crippen molar-refractivity contribution in [2.75, 3.05) is 14.1 Å². The molecule has 0 heterocycles. The number of aliphatic hydroxyl groups is 1. The van der Waals surface area contributed by atoms with E-state index in [2.05, 4.69) is 0 Å². The molecule has 1 saturated carbocycles. The fourth-order valence-corrected chi connectivity index (χ4v) is 4.94. The number of hydrogen-bond donors (Lipinski definition) is 1. The molecule has 0 aromatic heterocycles. The minimum absolute atomic E-state index is 0.132. The van der Waals surface area contributed by atoms with Gasteiger partial charge in [-0.05, 0) is 42.7 Å². The van der Waals surface area contributed by atoms with E-state index in [0.717, 1.165) is 31.2 Å². The van der Waals surface area contributed by atoms with Crippen LogP contribution < -0.4 is 0 Å². The summed E-state index contributed by atoms with van der Waals surface area (Å²) in [4.78, 5) is 14.7. The van der Waals surface area contributed by atoms with Gasteiger partial charge in [0.15, 0.2) is 0 Å². The molecule has 2 aromatic carbocycles. The third kappa shape index (κ3) is 4.86. The summed E-state index contributed by atoms with van der Waals surface area (Å²) in [7, 11) is -0.294. The van der Waals surface area contributed by atoms with Gasteiger partial charge in [-0.3, -0.25) is 4.79 Å². The zero-order valence-electron chi connectivity index (χ0n) is 16.9. The van der Waals surface area contributed by atoms with Crippen LogP contribution >= 0.6 is 0 Å². The number of nitrogens with zero attached hydrogens (tertiary/aromatic N) is 2. The van der Waals surface area contributed by atoms with Gasteiger partial charge in [0.1, 0.15) is 0 Å². The fourth-order valence-electron chi connectivity index (χ4n) is 3.76. The molecule has 0 aliphatic heterocycles. The monoisotopic (exact) mass is 416 g/mol. The van der Waals surface area contributed by atoms with Crippen LogP contribution in [0, 0.1) is 0 Å². The van der Waals surface area contributed by atoms with Crippen molar-refractivity contribution < 1.29 is 18.3 Å². The number of amides is 1. The maximum absolute atomic E-state index is 12.8. The summed E-state index contributed by atoms with van der Waals surface area (Å²) in [6, 6.07) is 15.1. The molecule has 0 bridgehead atoms. The van der Waals surface area contributed by atoms with Crippen molar-refractivity contribution >= 4 is 15.9 Å². The smallest absolute Gasteiger partial charge is 0.253 e. The summed E-state index contributed by atoms with van der Waals surface area (Å²) in [6.07, 6.45) is 3.07. The van der Waals surface area contributed by atoms with Crippen molar-refractivity contribution in [2.24, 2.45) is 0 Å². The van der Waals surface area contributed by atoms with Gasteiger partial charge in [-0.25, -0.2) is 8.42 Å². The quantitative estimate of drug-likeness (QED) is 0.785. The highest BCUT2D eigenvalue weighted by Gasteiger charge is 2.29. The minimum Gasteiger partial charge on any atom is -0.391 e. The van der Waals surface area contributed by atoms with Gasteiger partial charge >= 0.3 is 0 Å². The lowest BCUT2D eigenvalue weighted by atomic mass is 9.91. The molecule has 7 heteroatoms. The molecule has 1 aliphatic rings. The molecule has 2 aromatic rings. The van der Waals surface area contributed by atoms with Crippen LogP contribution in [0.4, 0.5) is 0 Å². The highest BCUT2D eigenvalue weighted by Crippen LogP contribution is 2.24. The van der Waals surface area contributed by atoms with Crippen molar-refractivity contribution in [2.45, 2.75) is 49.3 Å². The summed E-state index contributed by atoms with van der Waals surface area (Å²) in [5, 5.41) is 10.2. The lowest BCUT2D eigenvalue weighted by Gasteiger charge is -2.35. The third-order valence-corrected chi connectivity index (χ3v) is 7.39. The second kappa shape index (κ2) is 9.07. The maximum atomic E-state index is 12.8. The summed E-state index contributed by atoms with van der Waals surface area (Å²) in [5.74, 6) is -0.132. The van der Waals surface area contributed by atoms with Crippen molar-refractivity contribution in [1.82, 2.24) is 9.21 Å². The summed E-state index contributed by atoms with van der Waals surface area (Å²) in [5.41, 5.74) is 1.33. The van der Waals surface area contributed by atoms with E-state index in [1.807, 2.05) is 0 Å². The molecule has 1 amide bonds. The SMILES string of the molecule is CN(C(=O)c1ccc(CN(C)S(=O)(=O)c2ccccc2)cc1)C1CCCCC1O. The Morgan fingerprint density at radius 3 is 2.24 bits per heavy atom. The molecule has 156 valence electrons. The highest BCUT2D eigenvalue weighted by atomic mass is 32.2. The number of carbonyl (C=O) groups is 1. The van der Waals surface area contributed by atoms with Gasteiger partial charge in [0.05, 0.1) is 17.0 Å². The first kappa shape index (κ1) is 21.5. The molecule has 3 rings (SSSR count). The molecule has 6 nitrogen and oxygen atoms in total. The first-order valence-electron chi connectivity index (χ1n) is 9.86. The van der Waals surface area contributed by atoms with Crippen molar-refractivity contribution in [1.29, 1.82) is 0 Å². The molecule has 2 unspecified atom stereocenters. The average molecular weight is 417 g/mol. The first-order chi connectivity index (χ1) is 13.8. The van der Waals surface area contributed by atoms with Crippen LogP contribution in [-0.2, 0) is 16.6 Å². The predicted octanol–water partition coefficient (Wildman–Crippen LogP) is 2.88. The number of hydrogen-bond acceptors (Lipinski definition) is 4. The average Bonchev–Trinajstić information content (AvgIpc) is 2.74. The largest absolute Gasteiger partial charge is 0.391 e. The van der Waals surface area contributed by atoms with Gasteiger partial charge in [-0.15, -0.1) is 0 Å². The number of aliphatic hydroxyl groups excluding tert-OH is 1. The molecule has 0 spiro atoms. The van der Waals surface area contributed by atoms with Gasteiger partial charge < -0.3 is 10.0 Å². The van der Waals surface area contributed by atoms with Crippen LogP contribution in [0.25, 0.3) is 0 Å².